The van der Waals surface area contributed by atoms with E-state index in [1.165, 1.54) is 11.1 Å². The fourth-order valence-electron chi connectivity index (χ4n) is 2.51. The van der Waals surface area contributed by atoms with Crippen LogP contribution in [0.1, 0.15) is 21.5 Å². The molecule has 0 fully saturated rings. The van der Waals surface area contributed by atoms with Crippen molar-refractivity contribution in [2.24, 2.45) is 0 Å². The molecule has 2 aromatic carbocycles. The molecule has 0 aliphatic carbocycles. The third-order valence-corrected chi connectivity index (χ3v) is 5.53. The largest absolute Gasteiger partial charge is 0.493 e. The minimum absolute atomic E-state index is 0.166. The lowest BCUT2D eigenvalue weighted by Gasteiger charge is -2.15. The van der Waals surface area contributed by atoms with E-state index >= 15 is 0 Å². The number of hydrogen-bond donors (Lipinski definition) is 0. The molecule has 1 unspecified atom stereocenters. The van der Waals surface area contributed by atoms with Crippen molar-refractivity contribution in [3.05, 3.63) is 61.5 Å². The van der Waals surface area contributed by atoms with E-state index in [2.05, 4.69) is 44.0 Å². The Morgan fingerprint density at radius 1 is 1.14 bits per heavy atom. The summed E-state index contributed by atoms with van der Waals surface area (Å²) in [5.41, 5.74) is 3.57. The van der Waals surface area contributed by atoms with Gasteiger partial charge in [-0.2, -0.15) is 0 Å². The molecule has 0 bridgehead atoms. The van der Waals surface area contributed by atoms with Crippen LogP contribution in [0, 0.1) is 0 Å². The van der Waals surface area contributed by atoms with Crippen LogP contribution >= 0.6 is 55.1 Å². The molecule has 0 aromatic heterocycles. The van der Waals surface area contributed by atoms with Crippen LogP contribution in [0.4, 0.5) is 0 Å². The molecular formula is C16H12Br2Cl2O. The molecule has 0 saturated carbocycles. The molecule has 21 heavy (non-hydrogen) atoms. The van der Waals surface area contributed by atoms with Crippen molar-refractivity contribution in [3.63, 3.8) is 0 Å². The molecule has 1 aliphatic heterocycles. The Morgan fingerprint density at radius 2 is 1.95 bits per heavy atom. The van der Waals surface area contributed by atoms with Crippen molar-refractivity contribution in [1.29, 1.82) is 0 Å². The number of benzene rings is 2. The zero-order valence-electron chi connectivity index (χ0n) is 11.0. The van der Waals surface area contributed by atoms with Crippen LogP contribution in [0.5, 0.6) is 5.75 Å². The molecule has 1 aliphatic rings. The first kappa shape index (κ1) is 15.7. The Hall–Kier alpha value is -0.220. The minimum atomic E-state index is 0.166. The van der Waals surface area contributed by atoms with E-state index in [0.717, 1.165) is 35.2 Å². The average molecular weight is 451 g/mol. The highest BCUT2D eigenvalue weighted by atomic mass is 79.9. The number of hydrogen-bond acceptors (Lipinski definition) is 1. The van der Waals surface area contributed by atoms with Gasteiger partial charge in [0.1, 0.15) is 5.75 Å². The van der Waals surface area contributed by atoms with E-state index < -0.39 is 0 Å². The first-order valence-corrected chi connectivity index (χ1v) is 9.04. The molecule has 5 heteroatoms. The van der Waals surface area contributed by atoms with Crippen LogP contribution < -0.4 is 4.74 Å². The Morgan fingerprint density at radius 3 is 2.71 bits per heavy atom. The molecule has 2 aromatic rings. The van der Waals surface area contributed by atoms with Crippen molar-refractivity contribution in [1.82, 2.24) is 0 Å². The van der Waals surface area contributed by atoms with Gasteiger partial charge in [-0.1, -0.05) is 61.1 Å². The summed E-state index contributed by atoms with van der Waals surface area (Å²) in [6.07, 6.45) is 1.79. The molecule has 0 saturated heterocycles. The van der Waals surface area contributed by atoms with Crippen LogP contribution in [0.25, 0.3) is 0 Å². The highest BCUT2D eigenvalue weighted by Crippen LogP contribution is 2.41. The third kappa shape index (κ3) is 3.42. The molecule has 0 N–H and O–H groups in total. The smallest absolute Gasteiger partial charge is 0.127 e. The van der Waals surface area contributed by atoms with Gasteiger partial charge in [-0.3, -0.25) is 0 Å². The van der Waals surface area contributed by atoms with Crippen molar-refractivity contribution in [2.75, 3.05) is 6.61 Å². The maximum atomic E-state index is 6.08. The van der Waals surface area contributed by atoms with E-state index in [4.69, 9.17) is 27.9 Å². The van der Waals surface area contributed by atoms with Crippen LogP contribution in [-0.4, -0.2) is 6.61 Å². The van der Waals surface area contributed by atoms with Gasteiger partial charge in [-0.25, -0.2) is 0 Å². The lowest BCUT2D eigenvalue weighted by molar-refractivity contribution is 0.353. The summed E-state index contributed by atoms with van der Waals surface area (Å²) in [5.74, 6) is 1.01. The van der Waals surface area contributed by atoms with Gasteiger partial charge in [-0.15, -0.1) is 0 Å². The summed E-state index contributed by atoms with van der Waals surface area (Å²) in [4.78, 5) is 0.166. The number of ether oxygens (including phenoxy) is 1. The molecule has 0 spiro atoms. The second-order valence-corrected chi connectivity index (χ2v) is 7.84. The Kier molecular flexibility index (Phi) is 4.84. The maximum absolute atomic E-state index is 6.08. The number of alkyl halides is 1. The topological polar surface area (TPSA) is 9.23 Å². The Bertz CT molecular complexity index is 688. The number of halogens is 4. The van der Waals surface area contributed by atoms with Gasteiger partial charge >= 0.3 is 0 Å². The van der Waals surface area contributed by atoms with E-state index in [0.29, 0.717) is 10.0 Å². The van der Waals surface area contributed by atoms with Crippen LogP contribution in [0.3, 0.4) is 0 Å². The minimum Gasteiger partial charge on any atom is -0.493 e. The normalized spacial score (nSPS) is 14.7. The van der Waals surface area contributed by atoms with Crippen molar-refractivity contribution >= 4 is 55.1 Å². The summed E-state index contributed by atoms with van der Waals surface area (Å²) >= 11 is 19.4. The number of rotatable bonds is 3. The van der Waals surface area contributed by atoms with Crippen molar-refractivity contribution in [3.8, 4) is 5.75 Å². The molecule has 0 radical (unpaired) electrons. The summed E-state index contributed by atoms with van der Waals surface area (Å²) in [6, 6.07) is 9.99. The summed E-state index contributed by atoms with van der Waals surface area (Å²) in [5, 5.41) is 1.17. The molecule has 3 rings (SSSR count). The van der Waals surface area contributed by atoms with E-state index in [1.807, 2.05) is 18.2 Å². The van der Waals surface area contributed by atoms with Gasteiger partial charge in [0.2, 0.25) is 0 Å². The van der Waals surface area contributed by atoms with Gasteiger partial charge < -0.3 is 4.74 Å². The third-order valence-electron chi connectivity index (χ3n) is 3.51. The first-order valence-electron chi connectivity index (χ1n) is 6.57. The second-order valence-electron chi connectivity index (χ2n) is 5.00. The van der Waals surface area contributed by atoms with Crippen LogP contribution in [-0.2, 0) is 12.8 Å². The van der Waals surface area contributed by atoms with Gasteiger partial charge in [0.05, 0.1) is 16.7 Å². The monoisotopic (exact) mass is 448 g/mol. The quantitative estimate of drug-likeness (QED) is 0.494. The highest BCUT2D eigenvalue weighted by Gasteiger charge is 2.22. The van der Waals surface area contributed by atoms with Crippen LogP contribution in [0.15, 0.2) is 34.8 Å². The van der Waals surface area contributed by atoms with Gasteiger partial charge in [0.15, 0.2) is 0 Å². The Balaban J connectivity index is 1.89. The molecule has 1 heterocycles. The lowest BCUT2D eigenvalue weighted by Crippen LogP contribution is -1.99. The van der Waals surface area contributed by atoms with Gasteiger partial charge in [0, 0.05) is 21.3 Å². The SMILES string of the molecule is Clc1ccc(CC(Br)c2cc(Br)cc3c2OCC3)cc1Cl. The zero-order chi connectivity index (χ0) is 15.0. The molecule has 110 valence electrons. The standard InChI is InChI=1S/C16H12Br2Cl2O/c17-11-7-10-3-4-21-16(10)12(8-11)13(18)5-9-1-2-14(19)15(20)6-9/h1-2,6-8,13H,3-5H2. The predicted octanol–water partition coefficient (Wildman–Crippen LogP) is 6.37. The van der Waals surface area contributed by atoms with E-state index in [1.54, 1.807) is 0 Å². The molecule has 0 amide bonds. The van der Waals surface area contributed by atoms with Crippen molar-refractivity contribution in [2.45, 2.75) is 17.7 Å². The fraction of sp³-hybridized carbons (Fsp3) is 0.250. The average Bonchev–Trinajstić information content (AvgIpc) is 2.90. The lowest BCUT2D eigenvalue weighted by atomic mass is 10.0. The van der Waals surface area contributed by atoms with E-state index in [9.17, 15) is 0 Å². The number of fused-ring (bicyclic) bond motifs is 1. The summed E-state index contributed by atoms with van der Waals surface area (Å²) < 4.78 is 6.87. The summed E-state index contributed by atoms with van der Waals surface area (Å²) in [6.45, 7) is 0.755. The molecule has 1 atom stereocenters. The molecular weight excluding hydrogens is 439 g/mol. The first-order chi connectivity index (χ1) is 10.0. The van der Waals surface area contributed by atoms with Gasteiger partial charge in [-0.05, 0) is 41.8 Å². The predicted molar refractivity (Wildman–Crippen MR) is 95.2 cm³/mol. The van der Waals surface area contributed by atoms with E-state index in [-0.39, 0.29) is 4.83 Å². The fourth-order valence-corrected chi connectivity index (χ4v) is 4.07. The van der Waals surface area contributed by atoms with Gasteiger partial charge in [0.25, 0.3) is 0 Å². The Labute approximate surface area is 150 Å². The highest BCUT2D eigenvalue weighted by molar-refractivity contribution is 9.10. The zero-order valence-corrected chi connectivity index (χ0v) is 15.7. The maximum Gasteiger partial charge on any atom is 0.127 e. The van der Waals surface area contributed by atoms with Crippen LogP contribution in [0.2, 0.25) is 10.0 Å². The van der Waals surface area contributed by atoms with Crippen molar-refractivity contribution < 1.29 is 4.74 Å². The summed E-state index contributed by atoms with van der Waals surface area (Å²) in [7, 11) is 0. The second kappa shape index (κ2) is 6.49. The molecule has 1 nitrogen and oxygen atoms in total.